The minimum Gasteiger partial charge on any atom is -0.496 e. The predicted octanol–water partition coefficient (Wildman–Crippen LogP) is 2.75. The van der Waals surface area contributed by atoms with Crippen LogP contribution < -0.4 is 14.5 Å². The van der Waals surface area contributed by atoms with E-state index in [2.05, 4.69) is 20.9 Å². The quantitative estimate of drug-likeness (QED) is 0.793. The highest BCUT2D eigenvalue weighted by atomic mass is 16.5. The first kappa shape index (κ1) is 19.5. The molecular formula is C22H29N5O2. The van der Waals surface area contributed by atoms with Crippen LogP contribution in [-0.4, -0.2) is 67.2 Å². The predicted molar refractivity (Wildman–Crippen MR) is 114 cm³/mol. The number of para-hydroxylation sites is 1. The molecule has 0 saturated carbocycles. The van der Waals surface area contributed by atoms with E-state index < -0.39 is 0 Å². The fourth-order valence-corrected chi connectivity index (χ4v) is 4.06. The maximum Gasteiger partial charge on any atom is 0.257 e. The Bertz CT molecular complexity index is 858. The molecule has 7 nitrogen and oxygen atoms in total. The van der Waals surface area contributed by atoms with Gasteiger partial charge in [0.1, 0.15) is 11.6 Å². The van der Waals surface area contributed by atoms with Gasteiger partial charge in [0.25, 0.3) is 5.91 Å². The van der Waals surface area contributed by atoms with Gasteiger partial charge in [-0.3, -0.25) is 4.79 Å². The van der Waals surface area contributed by atoms with Crippen molar-refractivity contribution < 1.29 is 9.53 Å². The summed E-state index contributed by atoms with van der Waals surface area (Å²) in [6.45, 7) is 6.91. The van der Waals surface area contributed by atoms with Crippen LogP contribution in [0.5, 0.6) is 5.75 Å². The Kier molecular flexibility index (Phi) is 5.83. The molecule has 0 unspecified atom stereocenters. The van der Waals surface area contributed by atoms with Crippen molar-refractivity contribution in [1.29, 1.82) is 0 Å². The van der Waals surface area contributed by atoms with Gasteiger partial charge >= 0.3 is 0 Å². The molecule has 0 atom stereocenters. The second-order valence-corrected chi connectivity index (χ2v) is 7.69. The van der Waals surface area contributed by atoms with Crippen LogP contribution in [0.1, 0.15) is 35.3 Å². The lowest BCUT2D eigenvalue weighted by atomic mass is 10.1. The van der Waals surface area contributed by atoms with Gasteiger partial charge in [0.05, 0.1) is 12.7 Å². The molecule has 29 heavy (non-hydrogen) atoms. The summed E-state index contributed by atoms with van der Waals surface area (Å²) >= 11 is 0. The highest BCUT2D eigenvalue weighted by Gasteiger charge is 2.26. The Hall–Kier alpha value is -2.83. The zero-order valence-electron chi connectivity index (χ0n) is 17.3. The van der Waals surface area contributed by atoms with Gasteiger partial charge in [-0.1, -0.05) is 12.1 Å². The molecule has 0 radical (unpaired) electrons. The second kappa shape index (κ2) is 8.68. The molecule has 0 bridgehead atoms. The van der Waals surface area contributed by atoms with E-state index in [-0.39, 0.29) is 5.91 Å². The van der Waals surface area contributed by atoms with E-state index in [0.29, 0.717) is 24.4 Å². The molecule has 4 rings (SSSR count). The van der Waals surface area contributed by atoms with Crippen LogP contribution in [0, 0.1) is 6.92 Å². The average molecular weight is 396 g/mol. The molecule has 3 heterocycles. The normalized spacial score (nSPS) is 17.4. The molecule has 0 aliphatic carbocycles. The van der Waals surface area contributed by atoms with Gasteiger partial charge in [-0.15, -0.1) is 0 Å². The third kappa shape index (κ3) is 4.28. The fraction of sp³-hybridized carbons (Fsp3) is 0.500. The number of hydrogen-bond donors (Lipinski definition) is 0. The van der Waals surface area contributed by atoms with Crippen LogP contribution >= 0.6 is 0 Å². The van der Waals surface area contributed by atoms with Gasteiger partial charge < -0.3 is 19.4 Å². The summed E-state index contributed by atoms with van der Waals surface area (Å²) in [5, 5.41) is 0. The molecule has 2 aliphatic heterocycles. The lowest BCUT2D eigenvalue weighted by Crippen LogP contribution is -2.49. The van der Waals surface area contributed by atoms with Crippen molar-refractivity contribution >= 4 is 17.7 Å². The monoisotopic (exact) mass is 395 g/mol. The number of rotatable bonds is 4. The highest BCUT2D eigenvalue weighted by molar-refractivity contribution is 5.97. The fourth-order valence-electron chi connectivity index (χ4n) is 4.06. The lowest BCUT2D eigenvalue weighted by molar-refractivity contribution is 0.0743. The molecule has 2 saturated heterocycles. The van der Waals surface area contributed by atoms with Crippen LogP contribution in [0.4, 0.5) is 11.8 Å². The molecule has 1 amide bonds. The Balaban J connectivity index is 1.44. The number of carbonyl (C=O) groups excluding carboxylic acids is 1. The number of ether oxygens (including phenoxy) is 1. The molecule has 2 aliphatic rings. The highest BCUT2D eigenvalue weighted by Crippen LogP contribution is 2.23. The Morgan fingerprint density at radius 2 is 1.66 bits per heavy atom. The van der Waals surface area contributed by atoms with Crippen LogP contribution in [0.15, 0.2) is 30.3 Å². The standard InChI is InChI=1S/C22H29N5O2/c1-17-16-20(25-10-6-3-7-11-25)24-22(23-17)27-14-12-26(13-15-27)21(28)18-8-4-5-9-19(18)29-2/h4-5,8-9,16H,3,6-7,10-15H2,1-2H3. The summed E-state index contributed by atoms with van der Waals surface area (Å²) in [5.41, 5.74) is 1.60. The summed E-state index contributed by atoms with van der Waals surface area (Å²) in [4.78, 5) is 28.9. The summed E-state index contributed by atoms with van der Waals surface area (Å²) < 4.78 is 5.35. The Labute approximate surface area is 172 Å². The zero-order chi connectivity index (χ0) is 20.2. The number of nitrogens with zero attached hydrogens (tertiary/aromatic N) is 5. The van der Waals surface area contributed by atoms with Crippen LogP contribution in [0.25, 0.3) is 0 Å². The topological polar surface area (TPSA) is 61.8 Å². The van der Waals surface area contributed by atoms with Crippen molar-refractivity contribution in [3.05, 3.63) is 41.6 Å². The number of methoxy groups -OCH3 is 1. The number of aromatic nitrogens is 2. The first-order valence-corrected chi connectivity index (χ1v) is 10.4. The van der Waals surface area contributed by atoms with Crippen molar-refractivity contribution in [3.8, 4) is 5.75 Å². The molecule has 7 heteroatoms. The average Bonchev–Trinajstić information content (AvgIpc) is 2.79. The number of hydrogen-bond acceptors (Lipinski definition) is 6. The SMILES string of the molecule is COc1ccccc1C(=O)N1CCN(c2nc(C)cc(N3CCCCC3)n2)CC1. The molecule has 1 aromatic carbocycles. The van der Waals surface area contributed by atoms with Crippen molar-refractivity contribution in [2.45, 2.75) is 26.2 Å². The van der Waals surface area contributed by atoms with Crippen molar-refractivity contribution in [2.75, 3.05) is 56.2 Å². The molecule has 2 fully saturated rings. The van der Waals surface area contributed by atoms with Gasteiger partial charge in [0, 0.05) is 51.0 Å². The van der Waals surface area contributed by atoms with Gasteiger partial charge in [-0.2, -0.15) is 4.98 Å². The lowest BCUT2D eigenvalue weighted by Gasteiger charge is -2.35. The largest absolute Gasteiger partial charge is 0.496 e. The van der Waals surface area contributed by atoms with E-state index in [9.17, 15) is 4.79 Å². The maximum atomic E-state index is 12.9. The first-order chi connectivity index (χ1) is 14.2. The second-order valence-electron chi connectivity index (χ2n) is 7.69. The summed E-state index contributed by atoms with van der Waals surface area (Å²) in [7, 11) is 1.60. The van der Waals surface area contributed by atoms with E-state index >= 15 is 0 Å². The van der Waals surface area contributed by atoms with E-state index in [4.69, 9.17) is 9.72 Å². The zero-order valence-corrected chi connectivity index (χ0v) is 17.3. The Morgan fingerprint density at radius 1 is 0.931 bits per heavy atom. The van der Waals surface area contributed by atoms with Gasteiger partial charge in [-0.25, -0.2) is 4.98 Å². The summed E-state index contributed by atoms with van der Waals surface area (Å²) in [6.07, 6.45) is 3.75. The van der Waals surface area contributed by atoms with Gasteiger partial charge in [0.2, 0.25) is 5.95 Å². The molecule has 0 N–H and O–H groups in total. The first-order valence-electron chi connectivity index (χ1n) is 10.4. The number of piperazine rings is 1. The number of amides is 1. The third-order valence-electron chi connectivity index (χ3n) is 5.70. The third-order valence-corrected chi connectivity index (χ3v) is 5.70. The van der Waals surface area contributed by atoms with Crippen LogP contribution in [-0.2, 0) is 0 Å². The minimum atomic E-state index is 0.0151. The maximum absolute atomic E-state index is 12.9. The smallest absolute Gasteiger partial charge is 0.257 e. The molecule has 154 valence electrons. The van der Waals surface area contributed by atoms with E-state index in [1.807, 2.05) is 36.1 Å². The number of anilines is 2. The number of aryl methyl sites for hydroxylation is 1. The number of carbonyl (C=O) groups is 1. The molecule has 0 spiro atoms. The van der Waals surface area contributed by atoms with E-state index in [1.165, 1.54) is 19.3 Å². The molecule has 1 aromatic heterocycles. The minimum absolute atomic E-state index is 0.0151. The Morgan fingerprint density at radius 3 is 2.38 bits per heavy atom. The van der Waals surface area contributed by atoms with E-state index in [1.54, 1.807) is 7.11 Å². The van der Waals surface area contributed by atoms with E-state index in [0.717, 1.165) is 43.6 Å². The van der Waals surface area contributed by atoms with Crippen LogP contribution in [0.2, 0.25) is 0 Å². The van der Waals surface area contributed by atoms with Gasteiger partial charge in [0.15, 0.2) is 0 Å². The van der Waals surface area contributed by atoms with Gasteiger partial charge in [-0.05, 0) is 38.3 Å². The molecular weight excluding hydrogens is 366 g/mol. The number of benzene rings is 1. The summed E-state index contributed by atoms with van der Waals surface area (Å²) in [5.74, 6) is 2.43. The van der Waals surface area contributed by atoms with Crippen molar-refractivity contribution in [3.63, 3.8) is 0 Å². The van der Waals surface area contributed by atoms with Crippen molar-refractivity contribution in [1.82, 2.24) is 14.9 Å². The van der Waals surface area contributed by atoms with Crippen molar-refractivity contribution in [2.24, 2.45) is 0 Å². The summed E-state index contributed by atoms with van der Waals surface area (Å²) in [6, 6.07) is 9.47. The van der Waals surface area contributed by atoms with Crippen LogP contribution in [0.3, 0.4) is 0 Å². The number of piperidine rings is 1. The molecule has 2 aromatic rings.